The molecule has 0 aromatic carbocycles. The van der Waals surface area contributed by atoms with Crippen molar-refractivity contribution in [3.05, 3.63) is 0 Å². The van der Waals surface area contributed by atoms with Gasteiger partial charge in [0, 0.05) is 0 Å². The normalized spacial score (nSPS) is 18.0. The summed E-state index contributed by atoms with van der Waals surface area (Å²) in [6.45, 7) is 4.59. The Kier molecular flexibility index (Phi) is 3.89. The van der Waals surface area contributed by atoms with Crippen LogP contribution in [0, 0.1) is 11.8 Å². The largest absolute Gasteiger partial charge is 0.481 e. The first-order valence-electron chi connectivity index (χ1n) is 3.86. The molecule has 4 heteroatoms. The molecule has 0 spiro atoms. The lowest BCUT2D eigenvalue weighted by Crippen LogP contribution is -2.40. The summed E-state index contributed by atoms with van der Waals surface area (Å²) in [4.78, 5) is 21.3. The number of carbonyl (C=O) groups is 2. The fourth-order valence-electron chi connectivity index (χ4n) is 0.906. The van der Waals surface area contributed by atoms with Gasteiger partial charge in [0.1, 0.15) is 5.78 Å². The highest BCUT2D eigenvalue weighted by Crippen LogP contribution is 2.14. The average molecular weight is 173 g/mol. The molecule has 0 aromatic heterocycles. The molecule has 0 amide bonds. The molecule has 0 saturated carbocycles. The van der Waals surface area contributed by atoms with E-state index in [9.17, 15) is 9.59 Å². The van der Waals surface area contributed by atoms with Gasteiger partial charge in [-0.25, -0.2) is 0 Å². The van der Waals surface area contributed by atoms with Gasteiger partial charge >= 0.3 is 5.97 Å². The van der Waals surface area contributed by atoms with Crippen molar-refractivity contribution in [1.82, 2.24) is 0 Å². The Morgan fingerprint density at radius 1 is 1.33 bits per heavy atom. The smallest absolute Gasteiger partial charge is 0.306 e. The van der Waals surface area contributed by atoms with Crippen molar-refractivity contribution in [2.45, 2.75) is 26.8 Å². The molecule has 70 valence electrons. The third-order valence-electron chi connectivity index (χ3n) is 2.21. The second-order valence-corrected chi connectivity index (χ2v) is 3.12. The third kappa shape index (κ3) is 2.62. The van der Waals surface area contributed by atoms with Gasteiger partial charge in [-0.05, 0) is 12.8 Å². The highest BCUT2D eigenvalue weighted by Gasteiger charge is 2.27. The van der Waals surface area contributed by atoms with Crippen molar-refractivity contribution in [2.75, 3.05) is 0 Å². The monoisotopic (exact) mass is 173 g/mol. The second-order valence-electron chi connectivity index (χ2n) is 3.12. The SMILES string of the molecule is CC(=O)C(N)C(C)C(C)C(=O)O. The van der Waals surface area contributed by atoms with Crippen molar-refractivity contribution in [1.29, 1.82) is 0 Å². The molecule has 0 rings (SSSR count). The molecule has 0 saturated heterocycles. The number of carboxylic acids is 1. The number of rotatable bonds is 4. The number of nitrogens with two attached hydrogens (primary N) is 1. The standard InChI is InChI=1S/C8H15NO3/c1-4(5(2)8(11)12)7(9)6(3)10/h4-5,7H,9H2,1-3H3,(H,11,12). The molecule has 0 aliphatic heterocycles. The maximum atomic E-state index is 10.8. The lowest BCUT2D eigenvalue weighted by molar-refractivity contribution is -0.143. The summed E-state index contributed by atoms with van der Waals surface area (Å²) in [6.07, 6.45) is 0. The third-order valence-corrected chi connectivity index (χ3v) is 2.21. The number of Topliss-reactive ketones (excluding diaryl/α,β-unsaturated/α-hetero) is 1. The zero-order valence-electron chi connectivity index (χ0n) is 7.57. The molecule has 12 heavy (non-hydrogen) atoms. The zero-order chi connectivity index (χ0) is 9.89. The Bertz CT molecular complexity index is 171. The lowest BCUT2D eigenvalue weighted by Gasteiger charge is -2.20. The quantitative estimate of drug-likeness (QED) is 0.639. The van der Waals surface area contributed by atoms with E-state index in [1.807, 2.05) is 0 Å². The first-order chi connectivity index (χ1) is 5.37. The molecular weight excluding hydrogens is 158 g/mol. The van der Waals surface area contributed by atoms with Crippen molar-refractivity contribution >= 4 is 11.8 Å². The van der Waals surface area contributed by atoms with Gasteiger partial charge < -0.3 is 10.8 Å². The molecule has 0 bridgehead atoms. The van der Waals surface area contributed by atoms with E-state index in [1.54, 1.807) is 13.8 Å². The molecule has 3 N–H and O–H groups in total. The van der Waals surface area contributed by atoms with E-state index < -0.39 is 17.9 Å². The van der Waals surface area contributed by atoms with Crippen LogP contribution >= 0.6 is 0 Å². The number of carbonyl (C=O) groups excluding carboxylic acids is 1. The summed E-state index contributed by atoms with van der Waals surface area (Å²) in [5.74, 6) is -1.99. The molecule has 3 atom stereocenters. The minimum Gasteiger partial charge on any atom is -0.481 e. The molecule has 0 radical (unpaired) electrons. The highest BCUT2D eigenvalue weighted by atomic mass is 16.4. The van der Waals surface area contributed by atoms with E-state index in [4.69, 9.17) is 10.8 Å². The summed E-state index contributed by atoms with van der Waals surface area (Å²) in [7, 11) is 0. The van der Waals surface area contributed by atoms with Gasteiger partial charge in [0.25, 0.3) is 0 Å². The Morgan fingerprint density at radius 3 is 2.00 bits per heavy atom. The number of aliphatic carboxylic acids is 1. The number of hydrogen-bond donors (Lipinski definition) is 2. The first kappa shape index (κ1) is 11.1. The minimum atomic E-state index is -0.917. The van der Waals surface area contributed by atoms with Gasteiger partial charge in [0.2, 0.25) is 0 Å². The highest BCUT2D eigenvalue weighted by molar-refractivity contribution is 5.82. The Labute approximate surface area is 71.8 Å². The maximum Gasteiger partial charge on any atom is 0.306 e. The Hall–Kier alpha value is -0.900. The van der Waals surface area contributed by atoms with Gasteiger partial charge in [-0.1, -0.05) is 13.8 Å². The van der Waals surface area contributed by atoms with E-state index in [0.717, 1.165) is 0 Å². The van der Waals surface area contributed by atoms with Gasteiger partial charge in [0.15, 0.2) is 0 Å². The lowest BCUT2D eigenvalue weighted by atomic mass is 9.88. The van der Waals surface area contributed by atoms with Crippen LogP contribution in [0.25, 0.3) is 0 Å². The van der Waals surface area contributed by atoms with Crippen LogP contribution in [0.4, 0.5) is 0 Å². The molecule has 0 fully saturated rings. The maximum absolute atomic E-state index is 10.8. The summed E-state index contributed by atoms with van der Waals surface area (Å²) in [5.41, 5.74) is 5.49. The van der Waals surface area contributed by atoms with Crippen LogP contribution < -0.4 is 5.73 Å². The molecule has 0 aromatic rings. The van der Waals surface area contributed by atoms with E-state index in [1.165, 1.54) is 6.92 Å². The summed E-state index contributed by atoms with van der Waals surface area (Å²) < 4.78 is 0. The van der Waals surface area contributed by atoms with Crippen LogP contribution in [0.5, 0.6) is 0 Å². The minimum absolute atomic E-state index is 0.171. The van der Waals surface area contributed by atoms with Crippen LogP contribution in [-0.2, 0) is 9.59 Å². The van der Waals surface area contributed by atoms with Gasteiger partial charge in [-0.2, -0.15) is 0 Å². The molecule has 3 unspecified atom stereocenters. The summed E-state index contributed by atoms with van der Waals surface area (Å²) in [5, 5.41) is 8.62. The zero-order valence-corrected chi connectivity index (χ0v) is 7.57. The first-order valence-corrected chi connectivity index (χ1v) is 3.86. The van der Waals surface area contributed by atoms with Crippen molar-refractivity contribution in [2.24, 2.45) is 17.6 Å². The van der Waals surface area contributed by atoms with Crippen LogP contribution in [0.1, 0.15) is 20.8 Å². The molecule has 0 heterocycles. The predicted molar refractivity (Wildman–Crippen MR) is 44.6 cm³/mol. The predicted octanol–water partition coefficient (Wildman–Crippen LogP) is 0.259. The van der Waals surface area contributed by atoms with E-state index >= 15 is 0 Å². The number of carboxylic acid groups (broad SMARTS) is 1. The van der Waals surface area contributed by atoms with E-state index in [2.05, 4.69) is 0 Å². The van der Waals surface area contributed by atoms with Gasteiger partial charge in [-0.15, -0.1) is 0 Å². The molecular formula is C8H15NO3. The van der Waals surface area contributed by atoms with E-state index in [-0.39, 0.29) is 11.7 Å². The van der Waals surface area contributed by atoms with Gasteiger partial charge in [0.05, 0.1) is 12.0 Å². The van der Waals surface area contributed by atoms with Crippen LogP contribution in [0.2, 0.25) is 0 Å². The van der Waals surface area contributed by atoms with Crippen LogP contribution in [0.15, 0.2) is 0 Å². The average Bonchev–Trinajstić information content (AvgIpc) is 2.00. The Morgan fingerprint density at radius 2 is 1.75 bits per heavy atom. The summed E-state index contributed by atoms with van der Waals surface area (Å²) >= 11 is 0. The summed E-state index contributed by atoms with van der Waals surface area (Å²) in [6, 6.07) is -0.670. The molecule has 0 aliphatic rings. The van der Waals surface area contributed by atoms with Crippen molar-refractivity contribution < 1.29 is 14.7 Å². The van der Waals surface area contributed by atoms with Crippen molar-refractivity contribution in [3.63, 3.8) is 0 Å². The van der Waals surface area contributed by atoms with Crippen LogP contribution in [-0.4, -0.2) is 22.9 Å². The fourth-order valence-corrected chi connectivity index (χ4v) is 0.906. The molecule has 4 nitrogen and oxygen atoms in total. The van der Waals surface area contributed by atoms with Gasteiger partial charge in [-0.3, -0.25) is 9.59 Å². The van der Waals surface area contributed by atoms with Crippen LogP contribution in [0.3, 0.4) is 0 Å². The number of ketones is 1. The number of hydrogen-bond acceptors (Lipinski definition) is 3. The van der Waals surface area contributed by atoms with Crippen molar-refractivity contribution in [3.8, 4) is 0 Å². The fraction of sp³-hybridized carbons (Fsp3) is 0.750. The topological polar surface area (TPSA) is 80.4 Å². The second kappa shape index (κ2) is 4.21. The van der Waals surface area contributed by atoms with E-state index in [0.29, 0.717) is 0 Å². The Balaban J connectivity index is 4.28. The molecule has 0 aliphatic carbocycles.